The Morgan fingerprint density at radius 2 is 2.17 bits per heavy atom. The van der Waals surface area contributed by atoms with E-state index >= 15 is 0 Å². The van der Waals surface area contributed by atoms with Crippen molar-refractivity contribution in [1.29, 1.82) is 0 Å². The van der Waals surface area contributed by atoms with Gasteiger partial charge in [0.15, 0.2) is 5.13 Å². The molecule has 0 N–H and O–H groups in total. The van der Waals surface area contributed by atoms with E-state index in [1.165, 1.54) is 16.9 Å². The lowest BCUT2D eigenvalue weighted by Gasteiger charge is -2.19. The molecular weight excluding hydrogens is 310 g/mol. The number of carbonyl (C=O) groups is 2. The average Bonchev–Trinajstić information content (AvgIpc) is 3.22. The molecule has 0 radical (unpaired) electrons. The highest BCUT2D eigenvalue weighted by Gasteiger charge is 2.36. The molecule has 1 aliphatic rings. The Labute approximate surface area is 139 Å². The predicted molar refractivity (Wildman–Crippen MR) is 90.4 cm³/mol. The number of hydrogen-bond acceptors (Lipinski definition) is 4. The maximum Gasteiger partial charge on any atom is 0.233 e. The summed E-state index contributed by atoms with van der Waals surface area (Å²) < 4.78 is 0. The lowest BCUT2D eigenvalue weighted by atomic mass is 10.1. The maximum atomic E-state index is 12.5. The van der Waals surface area contributed by atoms with Crippen LogP contribution in [0.5, 0.6) is 0 Å². The minimum atomic E-state index is -0.271. The average molecular weight is 329 g/mol. The fourth-order valence-electron chi connectivity index (χ4n) is 2.81. The van der Waals surface area contributed by atoms with Crippen molar-refractivity contribution in [3.8, 4) is 0 Å². The lowest BCUT2D eigenvalue weighted by molar-refractivity contribution is -0.128. The first-order chi connectivity index (χ1) is 11.1. The van der Waals surface area contributed by atoms with Crippen LogP contribution in [0.25, 0.3) is 0 Å². The molecule has 0 spiro atoms. The third-order valence-electron chi connectivity index (χ3n) is 4.11. The van der Waals surface area contributed by atoms with E-state index in [-0.39, 0.29) is 17.7 Å². The quantitative estimate of drug-likeness (QED) is 0.845. The number of anilines is 1. The molecule has 1 fully saturated rings. The van der Waals surface area contributed by atoms with E-state index in [9.17, 15) is 9.59 Å². The summed E-state index contributed by atoms with van der Waals surface area (Å²) in [6.07, 6.45) is 2.79. The molecule has 5 nitrogen and oxygen atoms in total. The number of rotatable bonds is 5. The zero-order chi connectivity index (χ0) is 16.2. The van der Waals surface area contributed by atoms with E-state index in [0.29, 0.717) is 24.6 Å². The van der Waals surface area contributed by atoms with Gasteiger partial charge in [-0.2, -0.15) is 0 Å². The number of nitrogens with zero attached hydrogens (tertiary/aromatic N) is 3. The fourth-order valence-corrected chi connectivity index (χ4v) is 3.43. The van der Waals surface area contributed by atoms with E-state index in [4.69, 9.17) is 0 Å². The molecule has 2 heterocycles. The van der Waals surface area contributed by atoms with Gasteiger partial charge in [0.2, 0.25) is 11.8 Å². The van der Waals surface area contributed by atoms with Gasteiger partial charge in [0.25, 0.3) is 0 Å². The number of aromatic nitrogens is 1. The van der Waals surface area contributed by atoms with Crippen molar-refractivity contribution in [2.45, 2.75) is 12.8 Å². The van der Waals surface area contributed by atoms with Gasteiger partial charge in [0.1, 0.15) is 0 Å². The van der Waals surface area contributed by atoms with Gasteiger partial charge in [-0.1, -0.05) is 30.3 Å². The van der Waals surface area contributed by atoms with Gasteiger partial charge in [-0.15, -0.1) is 11.3 Å². The third-order valence-corrected chi connectivity index (χ3v) is 4.96. The first kappa shape index (κ1) is 15.7. The normalized spacial score (nSPS) is 17.5. The number of carbonyl (C=O) groups excluding carboxylic acids is 2. The minimum Gasteiger partial charge on any atom is -0.342 e. The molecule has 6 heteroatoms. The minimum absolute atomic E-state index is 0.0319. The largest absolute Gasteiger partial charge is 0.342 e. The van der Waals surface area contributed by atoms with Crippen LogP contribution in [0.3, 0.4) is 0 Å². The van der Waals surface area contributed by atoms with Crippen molar-refractivity contribution < 1.29 is 9.59 Å². The number of amides is 2. The molecular formula is C17H19N3O2S. The fraction of sp³-hybridized carbons (Fsp3) is 0.353. The molecule has 1 aromatic carbocycles. The van der Waals surface area contributed by atoms with Crippen LogP contribution in [0.4, 0.5) is 5.13 Å². The summed E-state index contributed by atoms with van der Waals surface area (Å²) in [6, 6.07) is 10.1. The summed E-state index contributed by atoms with van der Waals surface area (Å²) in [5.41, 5.74) is 1.20. The van der Waals surface area contributed by atoms with Crippen LogP contribution in [0, 0.1) is 5.92 Å². The summed E-state index contributed by atoms with van der Waals surface area (Å²) in [4.78, 5) is 32.2. The molecule has 2 aromatic rings. The van der Waals surface area contributed by atoms with Crippen molar-refractivity contribution in [3.63, 3.8) is 0 Å². The third kappa shape index (κ3) is 3.59. The first-order valence-electron chi connectivity index (χ1n) is 7.64. The molecule has 1 saturated heterocycles. The SMILES string of the molecule is CN(C(=O)[C@@H]1CC(=O)N(CCc2ccccc2)C1)c1nccs1. The molecule has 1 aromatic heterocycles. The van der Waals surface area contributed by atoms with E-state index in [2.05, 4.69) is 17.1 Å². The van der Waals surface area contributed by atoms with Crippen molar-refractivity contribution in [1.82, 2.24) is 9.88 Å². The van der Waals surface area contributed by atoms with Gasteiger partial charge in [-0.25, -0.2) is 4.98 Å². The Kier molecular flexibility index (Phi) is 4.71. The highest BCUT2D eigenvalue weighted by Crippen LogP contribution is 2.24. The lowest BCUT2D eigenvalue weighted by Crippen LogP contribution is -2.35. The van der Waals surface area contributed by atoms with E-state index in [1.807, 2.05) is 23.6 Å². The van der Waals surface area contributed by atoms with Crippen LogP contribution >= 0.6 is 11.3 Å². The van der Waals surface area contributed by atoms with Crippen molar-refractivity contribution in [2.24, 2.45) is 5.92 Å². The van der Waals surface area contributed by atoms with Gasteiger partial charge in [-0.3, -0.25) is 14.5 Å². The zero-order valence-electron chi connectivity index (χ0n) is 13.0. The monoisotopic (exact) mass is 329 g/mol. The second-order valence-electron chi connectivity index (χ2n) is 5.69. The number of likely N-dealkylation sites (tertiary alicyclic amines) is 1. The smallest absolute Gasteiger partial charge is 0.233 e. The Hall–Kier alpha value is -2.21. The first-order valence-corrected chi connectivity index (χ1v) is 8.52. The Balaban J connectivity index is 1.57. The maximum absolute atomic E-state index is 12.5. The van der Waals surface area contributed by atoms with E-state index in [1.54, 1.807) is 23.0 Å². The van der Waals surface area contributed by atoms with Gasteiger partial charge in [0, 0.05) is 38.1 Å². The Bertz CT molecular complexity index is 672. The second-order valence-corrected chi connectivity index (χ2v) is 6.56. The summed E-state index contributed by atoms with van der Waals surface area (Å²) in [6.45, 7) is 1.16. The molecule has 120 valence electrons. The highest BCUT2D eigenvalue weighted by molar-refractivity contribution is 7.13. The van der Waals surface area contributed by atoms with Gasteiger partial charge >= 0.3 is 0 Å². The van der Waals surface area contributed by atoms with Crippen LogP contribution in [0.2, 0.25) is 0 Å². The van der Waals surface area contributed by atoms with Crippen LogP contribution in [-0.2, 0) is 16.0 Å². The summed E-state index contributed by atoms with van der Waals surface area (Å²) in [5.74, 6) is -0.241. The number of benzene rings is 1. The summed E-state index contributed by atoms with van der Waals surface area (Å²) >= 11 is 1.42. The predicted octanol–water partition coefficient (Wildman–Crippen LogP) is 2.20. The molecule has 0 unspecified atom stereocenters. The van der Waals surface area contributed by atoms with Crippen LogP contribution in [0.1, 0.15) is 12.0 Å². The van der Waals surface area contributed by atoms with Gasteiger partial charge in [0.05, 0.1) is 5.92 Å². The van der Waals surface area contributed by atoms with Crippen LogP contribution < -0.4 is 4.90 Å². The summed E-state index contributed by atoms with van der Waals surface area (Å²) in [5, 5.41) is 2.51. The van der Waals surface area contributed by atoms with Crippen LogP contribution in [0.15, 0.2) is 41.9 Å². The van der Waals surface area contributed by atoms with Gasteiger partial charge in [-0.05, 0) is 12.0 Å². The molecule has 1 aliphatic heterocycles. The summed E-state index contributed by atoms with van der Waals surface area (Å²) in [7, 11) is 1.72. The molecule has 2 amide bonds. The zero-order valence-corrected chi connectivity index (χ0v) is 13.8. The van der Waals surface area contributed by atoms with Crippen molar-refractivity contribution >= 4 is 28.3 Å². The molecule has 3 rings (SSSR count). The highest BCUT2D eigenvalue weighted by atomic mass is 32.1. The number of hydrogen-bond donors (Lipinski definition) is 0. The Morgan fingerprint density at radius 3 is 2.87 bits per heavy atom. The molecule has 0 bridgehead atoms. The van der Waals surface area contributed by atoms with Crippen molar-refractivity contribution in [2.75, 3.05) is 25.0 Å². The molecule has 0 saturated carbocycles. The molecule has 23 heavy (non-hydrogen) atoms. The second kappa shape index (κ2) is 6.91. The van der Waals surface area contributed by atoms with Gasteiger partial charge < -0.3 is 4.90 Å². The Morgan fingerprint density at radius 1 is 1.39 bits per heavy atom. The number of thiazole rings is 1. The molecule has 0 aliphatic carbocycles. The topological polar surface area (TPSA) is 53.5 Å². The standard InChI is InChI=1S/C17H19N3O2S/c1-19(17-18-8-10-23-17)16(22)14-11-15(21)20(12-14)9-7-13-5-3-2-4-6-13/h2-6,8,10,14H,7,9,11-12H2,1H3/t14-/m1/s1. The van der Waals surface area contributed by atoms with Crippen molar-refractivity contribution in [3.05, 3.63) is 47.5 Å². The molecule has 1 atom stereocenters. The van der Waals surface area contributed by atoms with E-state index < -0.39 is 0 Å². The van der Waals surface area contributed by atoms with Crippen LogP contribution in [-0.4, -0.2) is 41.8 Å². The van der Waals surface area contributed by atoms with E-state index in [0.717, 1.165) is 6.42 Å².